The second kappa shape index (κ2) is 7.02. The largest absolute Gasteiger partial charge is 0.461 e. The van der Waals surface area contributed by atoms with Crippen LogP contribution >= 0.6 is 0 Å². The molecule has 0 saturated carbocycles. The normalized spacial score (nSPS) is 12.6. The first-order valence-electron chi connectivity index (χ1n) is 3.75. The molecule has 72 valence electrons. The summed E-state index contributed by atoms with van der Waals surface area (Å²) in [5.41, 5.74) is 0. The van der Waals surface area contributed by atoms with E-state index in [1.165, 1.54) is 0 Å². The minimum atomic E-state index is -1.44. The van der Waals surface area contributed by atoms with Crippen LogP contribution in [0.2, 0.25) is 0 Å². The molecule has 0 aromatic rings. The molecule has 0 aliphatic carbocycles. The fourth-order valence-corrected chi connectivity index (χ4v) is 0.516. The topological polar surface area (TPSA) is 76.0 Å². The Labute approximate surface area is 70.9 Å². The highest BCUT2D eigenvalue weighted by molar-refractivity contribution is 5.74. The average molecular weight is 178 g/mol. The van der Waals surface area contributed by atoms with Gasteiger partial charge in [0, 0.05) is 6.61 Å². The number of rotatable bonds is 6. The number of aliphatic hydroxyl groups excluding tert-OH is 2. The highest BCUT2D eigenvalue weighted by Gasteiger charge is 2.14. The van der Waals surface area contributed by atoms with Crippen molar-refractivity contribution < 1.29 is 24.5 Å². The molecule has 0 rings (SSSR count). The molecule has 0 aromatic heterocycles. The Morgan fingerprint density at radius 3 is 2.67 bits per heavy atom. The smallest absolute Gasteiger partial charge is 0.337 e. The van der Waals surface area contributed by atoms with Crippen LogP contribution < -0.4 is 0 Å². The van der Waals surface area contributed by atoms with Crippen LogP contribution in [0.15, 0.2) is 0 Å². The lowest BCUT2D eigenvalue weighted by molar-refractivity contribution is -0.156. The zero-order chi connectivity index (χ0) is 9.40. The van der Waals surface area contributed by atoms with E-state index in [1.54, 1.807) is 0 Å². The van der Waals surface area contributed by atoms with Crippen molar-refractivity contribution in [2.75, 3.05) is 26.4 Å². The van der Waals surface area contributed by atoms with Crippen molar-refractivity contribution in [2.45, 2.75) is 13.0 Å². The van der Waals surface area contributed by atoms with E-state index in [4.69, 9.17) is 14.9 Å². The average Bonchev–Trinajstić information content (AvgIpc) is 2.10. The van der Waals surface area contributed by atoms with Crippen molar-refractivity contribution in [1.82, 2.24) is 0 Å². The molecule has 5 heteroatoms. The molecular weight excluding hydrogens is 164 g/mol. The molecule has 0 heterocycles. The first-order valence-corrected chi connectivity index (χ1v) is 3.75. The number of hydrogen-bond donors (Lipinski definition) is 2. The Kier molecular flexibility index (Phi) is 6.64. The molecule has 0 radical (unpaired) electrons. The minimum Gasteiger partial charge on any atom is -0.461 e. The first kappa shape index (κ1) is 11.4. The lowest BCUT2D eigenvalue weighted by atomic mass is 10.4. The molecule has 0 amide bonds. The summed E-state index contributed by atoms with van der Waals surface area (Å²) in [6.07, 6.45) is -1.44. The number of carbonyl (C=O) groups is 1. The number of carbonyl (C=O) groups excluding carboxylic acids is 1. The summed E-state index contributed by atoms with van der Waals surface area (Å²) in [5.74, 6) is -0.822. The Bertz CT molecular complexity index is 125. The maximum absolute atomic E-state index is 10.6. The van der Waals surface area contributed by atoms with E-state index in [9.17, 15) is 4.79 Å². The summed E-state index contributed by atoms with van der Waals surface area (Å²) in [7, 11) is 0. The standard InChI is InChI=1S/C7H14O5/c1-2-11-3-4-12-7(10)6(9)5-8/h6,8-9H,2-5H2,1H3. The van der Waals surface area contributed by atoms with Crippen LogP contribution in [0.25, 0.3) is 0 Å². The lowest BCUT2D eigenvalue weighted by Crippen LogP contribution is -2.27. The number of aliphatic hydroxyl groups is 2. The zero-order valence-corrected chi connectivity index (χ0v) is 7.02. The minimum absolute atomic E-state index is 0.101. The molecular formula is C7H14O5. The second-order valence-corrected chi connectivity index (χ2v) is 2.06. The van der Waals surface area contributed by atoms with Crippen molar-refractivity contribution in [3.63, 3.8) is 0 Å². The third-order valence-corrected chi connectivity index (χ3v) is 1.12. The summed E-state index contributed by atoms with van der Waals surface area (Å²) in [6, 6.07) is 0. The molecule has 0 bridgehead atoms. The van der Waals surface area contributed by atoms with Gasteiger partial charge in [-0.25, -0.2) is 4.79 Å². The maximum Gasteiger partial charge on any atom is 0.337 e. The molecule has 2 N–H and O–H groups in total. The Balaban J connectivity index is 3.31. The van der Waals surface area contributed by atoms with Gasteiger partial charge in [0.15, 0.2) is 6.10 Å². The van der Waals surface area contributed by atoms with E-state index in [-0.39, 0.29) is 6.61 Å². The van der Waals surface area contributed by atoms with Gasteiger partial charge in [-0.3, -0.25) is 0 Å². The lowest BCUT2D eigenvalue weighted by Gasteiger charge is -2.07. The van der Waals surface area contributed by atoms with E-state index in [0.717, 1.165) is 0 Å². The van der Waals surface area contributed by atoms with Crippen LogP contribution in [-0.4, -0.2) is 48.7 Å². The van der Waals surface area contributed by atoms with E-state index in [2.05, 4.69) is 4.74 Å². The molecule has 0 aromatic carbocycles. The number of ether oxygens (including phenoxy) is 2. The summed E-state index contributed by atoms with van der Waals surface area (Å²) < 4.78 is 9.40. The van der Waals surface area contributed by atoms with Crippen LogP contribution in [0.3, 0.4) is 0 Å². The van der Waals surface area contributed by atoms with E-state index in [0.29, 0.717) is 13.2 Å². The zero-order valence-electron chi connectivity index (χ0n) is 7.02. The summed E-state index contributed by atoms with van der Waals surface area (Å²) >= 11 is 0. The predicted molar refractivity (Wildman–Crippen MR) is 40.5 cm³/mol. The van der Waals surface area contributed by atoms with Gasteiger partial charge in [-0.15, -0.1) is 0 Å². The third-order valence-electron chi connectivity index (χ3n) is 1.12. The van der Waals surface area contributed by atoms with Gasteiger partial charge in [0.1, 0.15) is 6.61 Å². The van der Waals surface area contributed by atoms with Crippen LogP contribution in [0.5, 0.6) is 0 Å². The van der Waals surface area contributed by atoms with Gasteiger partial charge in [0.25, 0.3) is 0 Å². The van der Waals surface area contributed by atoms with Gasteiger partial charge in [-0.05, 0) is 6.92 Å². The van der Waals surface area contributed by atoms with Crippen LogP contribution in [0.1, 0.15) is 6.92 Å². The highest BCUT2D eigenvalue weighted by atomic mass is 16.6. The molecule has 12 heavy (non-hydrogen) atoms. The quantitative estimate of drug-likeness (QED) is 0.399. The molecule has 1 atom stereocenters. The second-order valence-electron chi connectivity index (χ2n) is 2.06. The Morgan fingerprint density at radius 2 is 2.17 bits per heavy atom. The highest BCUT2D eigenvalue weighted by Crippen LogP contribution is 1.87. The van der Waals surface area contributed by atoms with Crippen molar-refractivity contribution in [1.29, 1.82) is 0 Å². The predicted octanol–water partition coefficient (Wildman–Crippen LogP) is -1.08. The molecule has 0 aliphatic rings. The van der Waals surface area contributed by atoms with Crippen molar-refractivity contribution in [3.8, 4) is 0 Å². The maximum atomic E-state index is 10.6. The summed E-state index contributed by atoms with van der Waals surface area (Å²) in [6.45, 7) is 2.17. The van der Waals surface area contributed by atoms with Gasteiger partial charge in [-0.1, -0.05) is 0 Å². The van der Waals surface area contributed by atoms with Crippen LogP contribution in [0, 0.1) is 0 Å². The van der Waals surface area contributed by atoms with E-state index >= 15 is 0 Å². The van der Waals surface area contributed by atoms with Crippen LogP contribution in [-0.2, 0) is 14.3 Å². The fourth-order valence-electron chi connectivity index (χ4n) is 0.516. The molecule has 5 nitrogen and oxygen atoms in total. The van der Waals surface area contributed by atoms with E-state index in [1.807, 2.05) is 6.92 Å². The number of esters is 1. The Morgan fingerprint density at radius 1 is 1.50 bits per heavy atom. The summed E-state index contributed by atoms with van der Waals surface area (Å²) in [4.78, 5) is 10.6. The van der Waals surface area contributed by atoms with E-state index < -0.39 is 18.7 Å². The SMILES string of the molecule is CCOCCOC(=O)C(O)CO. The van der Waals surface area contributed by atoms with Crippen molar-refractivity contribution in [3.05, 3.63) is 0 Å². The number of hydrogen-bond acceptors (Lipinski definition) is 5. The van der Waals surface area contributed by atoms with Crippen molar-refractivity contribution >= 4 is 5.97 Å². The van der Waals surface area contributed by atoms with Gasteiger partial charge < -0.3 is 19.7 Å². The monoisotopic (exact) mass is 178 g/mol. The van der Waals surface area contributed by atoms with Crippen LogP contribution in [0.4, 0.5) is 0 Å². The first-order chi connectivity index (χ1) is 5.72. The van der Waals surface area contributed by atoms with Gasteiger partial charge in [0.2, 0.25) is 0 Å². The molecule has 0 spiro atoms. The molecule has 0 fully saturated rings. The van der Waals surface area contributed by atoms with Gasteiger partial charge in [0.05, 0.1) is 13.2 Å². The summed E-state index contributed by atoms with van der Waals surface area (Å²) in [5, 5.41) is 17.0. The Hall–Kier alpha value is -0.650. The molecule has 1 unspecified atom stereocenters. The third kappa shape index (κ3) is 5.06. The van der Waals surface area contributed by atoms with Gasteiger partial charge in [-0.2, -0.15) is 0 Å². The molecule has 0 aliphatic heterocycles. The van der Waals surface area contributed by atoms with Gasteiger partial charge >= 0.3 is 5.97 Å². The van der Waals surface area contributed by atoms with Crippen molar-refractivity contribution in [2.24, 2.45) is 0 Å². The molecule has 0 saturated heterocycles. The fraction of sp³-hybridized carbons (Fsp3) is 0.857.